The molecule has 9 heteroatoms. The molecule has 0 aliphatic carbocycles. The number of amides is 1. The predicted octanol–water partition coefficient (Wildman–Crippen LogP) is -0.118. The lowest BCUT2D eigenvalue weighted by Gasteiger charge is -2.26. The van der Waals surface area contributed by atoms with Gasteiger partial charge in [0.25, 0.3) is 5.91 Å². The van der Waals surface area contributed by atoms with Gasteiger partial charge in [0.2, 0.25) is 0 Å². The Morgan fingerprint density at radius 1 is 1.43 bits per heavy atom. The number of rotatable bonds is 7. The topological polar surface area (TPSA) is 118 Å². The average molecular weight is 409 g/mol. The van der Waals surface area contributed by atoms with Gasteiger partial charge in [-0.15, -0.1) is 0 Å². The zero-order valence-electron chi connectivity index (χ0n) is 16.2. The Labute approximate surface area is 173 Å². The number of ether oxygens (including phenoxy) is 1. The Balaban J connectivity index is 1.48. The van der Waals surface area contributed by atoms with E-state index in [1.54, 1.807) is 29.4 Å². The van der Waals surface area contributed by atoms with Gasteiger partial charge in [0.1, 0.15) is 36.1 Å². The molecule has 5 N–H and O–H groups in total. The van der Waals surface area contributed by atoms with E-state index in [9.17, 15) is 9.90 Å². The van der Waals surface area contributed by atoms with E-state index in [1.807, 2.05) is 36.4 Å². The number of benzene rings is 1. The largest absolute Gasteiger partial charge is 0.491 e. The van der Waals surface area contributed by atoms with Crippen LogP contribution < -0.4 is 20.7 Å². The molecule has 0 aromatic heterocycles. The van der Waals surface area contributed by atoms with E-state index in [-0.39, 0.29) is 25.3 Å². The number of hydrogen-bond acceptors (Lipinski definition) is 8. The fourth-order valence-electron chi connectivity index (χ4n) is 3.08. The molecular formula is C21H23N5O4. The second-order valence-electron chi connectivity index (χ2n) is 6.85. The van der Waals surface area contributed by atoms with Gasteiger partial charge in [-0.2, -0.15) is 5.10 Å². The lowest BCUT2D eigenvalue weighted by Crippen LogP contribution is -2.40. The summed E-state index contributed by atoms with van der Waals surface area (Å²) in [5, 5.41) is 33.7. The summed E-state index contributed by atoms with van der Waals surface area (Å²) in [6.45, 7) is 0.291. The smallest absolute Gasteiger partial charge is 0.276 e. The number of aliphatic hydroxyl groups is 2. The Morgan fingerprint density at radius 2 is 2.33 bits per heavy atom. The van der Waals surface area contributed by atoms with E-state index in [2.05, 4.69) is 21.1 Å². The zero-order valence-corrected chi connectivity index (χ0v) is 16.2. The number of nitrogens with zero attached hydrogens (tertiary/aromatic N) is 2. The van der Waals surface area contributed by atoms with Gasteiger partial charge < -0.3 is 30.9 Å². The van der Waals surface area contributed by atoms with Crippen molar-refractivity contribution in [1.29, 1.82) is 0 Å². The van der Waals surface area contributed by atoms with E-state index in [1.165, 1.54) is 0 Å². The Hall–Kier alpha value is -3.56. The van der Waals surface area contributed by atoms with Crippen LogP contribution in [0.15, 0.2) is 77.5 Å². The normalized spacial score (nSPS) is 20.3. The first-order chi connectivity index (χ1) is 14.6. The SMILES string of the molecule is O=C(NC1=CC=CCN1)C1=CNC2C=CC(c3cccc(OCC(O)CO)c3)=NN12. The van der Waals surface area contributed by atoms with Gasteiger partial charge in [0.15, 0.2) is 0 Å². The van der Waals surface area contributed by atoms with Crippen molar-refractivity contribution < 1.29 is 19.7 Å². The van der Waals surface area contributed by atoms with Crippen LogP contribution in [0, 0.1) is 0 Å². The predicted molar refractivity (Wildman–Crippen MR) is 111 cm³/mol. The van der Waals surface area contributed by atoms with Gasteiger partial charge >= 0.3 is 0 Å². The van der Waals surface area contributed by atoms with Crippen LogP contribution in [0.3, 0.4) is 0 Å². The third kappa shape index (κ3) is 4.37. The minimum Gasteiger partial charge on any atom is -0.491 e. The van der Waals surface area contributed by atoms with Crippen molar-refractivity contribution in [3.05, 3.63) is 77.9 Å². The molecule has 1 amide bonds. The standard InChI is InChI=1S/C21H23N5O4/c27-12-15(28)13-30-16-5-3-4-14(10-16)17-7-8-20-23-11-18(26(20)25-17)21(29)24-19-6-1-2-9-22-19/h1-8,10-11,15,20,22-23,27-28H,9,12-13H2,(H,24,29). The summed E-state index contributed by atoms with van der Waals surface area (Å²) in [4.78, 5) is 12.7. The van der Waals surface area contributed by atoms with Crippen molar-refractivity contribution in [3.8, 4) is 5.75 Å². The maximum atomic E-state index is 12.7. The van der Waals surface area contributed by atoms with Crippen LogP contribution in [-0.4, -0.2) is 58.9 Å². The molecule has 1 aromatic rings. The van der Waals surface area contributed by atoms with Gasteiger partial charge in [-0.25, -0.2) is 5.01 Å². The van der Waals surface area contributed by atoms with Crippen LogP contribution in [0.5, 0.6) is 5.75 Å². The molecule has 9 nitrogen and oxygen atoms in total. The third-order valence-electron chi connectivity index (χ3n) is 4.63. The zero-order chi connectivity index (χ0) is 20.9. The van der Waals surface area contributed by atoms with Gasteiger partial charge in [-0.1, -0.05) is 24.3 Å². The first kappa shape index (κ1) is 19.7. The summed E-state index contributed by atoms with van der Waals surface area (Å²) in [7, 11) is 0. The number of allylic oxidation sites excluding steroid dienone is 3. The highest BCUT2D eigenvalue weighted by Crippen LogP contribution is 2.23. The summed E-state index contributed by atoms with van der Waals surface area (Å²) in [6.07, 6.45) is 9.90. The van der Waals surface area contributed by atoms with Crippen LogP contribution in [-0.2, 0) is 4.79 Å². The summed E-state index contributed by atoms with van der Waals surface area (Å²) in [5.41, 5.74) is 1.87. The van der Waals surface area contributed by atoms with Crippen molar-refractivity contribution in [3.63, 3.8) is 0 Å². The molecule has 2 atom stereocenters. The summed E-state index contributed by atoms with van der Waals surface area (Å²) in [6, 6.07) is 7.26. The number of aliphatic hydroxyl groups excluding tert-OH is 2. The van der Waals surface area contributed by atoms with Gasteiger partial charge in [0.05, 0.1) is 12.3 Å². The van der Waals surface area contributed by atoms with Crippen molar-refractivity contribution in [2.24, 2.45) is 5.10 Å². The molecule has 4 rings (SSSR count). The minimum absolute atomic E-state index is 0.00742. The van der Waals surface area contributed by atoms with Crippen LogP contribution in [0.4, 0.5) is 0 Å². The van der Waals surface area contributed by atoms with Crippen LogP contribution >= 0.6 is 0 Å². The molecule has 30 heavy (non-hydrogen) atoms. The Bertz CT molecular complexity index is 966. The average Bonchev–Trinajstić information content (AvgIpc) is 3.22. The van der Waals surface area contributed by atoms with E-state index in [0.29, 0.717) is 29.5 Å². The van der Waals surface area contributed by atoms with Crippen LogP contribution in [0.25, 0.3) is 0 Å². The minimum atomic E-state index is -0.938. The first-order valence-corrected chi connectivity index (χ1v) is 9.60. The number of dihydropyridines is 1. The van der Waals surface area contributed by atoms with Gasteiger partial charge in [-0.3, -0.25) is 4.79 Å². The molecule has 0 spiro atoms. The number of hydrogen-bond donors (Lipinski definition) is 5. The van der Waals surface area contributed by atoms with Crippen molar-refractivity contribution >= 4 is 11.6 Å². The summed E-state index contributed by atoms with van der Waals surface area (Å²) in [5.74, 6) is 0.917. The second kappa shape index (κ2) is 8.85. The Morgan fingerprint density at radius 3 is 3.13 bits per heavy atom. The summed E-state index contributed by atoms with van der Waals surface area (Å²) < 4.78 is 5.51. The number of hydrazone groups is 1. The molecule has 2 unspecified atom stereocenters. The number of carbonyl (C=O) groups excluding carboxylic acids is 1. The highest BCUT2D eigenvalue weighted by atomic mass is 16.5. The van der Waals surface area contributed by atoms with Crippen molar-refractivity contribution in [1.82, 2.24) is 21.0 Å². The van der Waals surface area contributed by atoms with Crippen molar-refractivity contribution in [2.75, 3.05) is 19.8 Å². The van der Waals surface area contributed by atoms with E-state index >= 15 is 0 Å². The fourth-order valence-corrected chi connectivity index (χ4v) is 3.08. The molecule has 0 radical (unpaired) electrons. The van der Waals surface area contributed by atoms with Crippen molar-refractivity contribution in [2.45, 2.75) is 12.3 Å². The molecule has 0 bridgehead atoms. The quantitative estimate of drug-likeness (QED) is 0.426. The molecule has 0 saturated carbocycles. The maximum Gasteiger partial charge on any atom is 0.276 e. The third-order valence-corrected chi connectivity index (χ3v) is 4.63. The number of nitrogens with one attached hydrogen (secondary N) is 3. The molecule has 156 valence electrons. The van der Waals surface area contributed by atoms with E-state index < -0.39 is 6.10 Å². The highest BCUT2D eigenvalue weighted by Gasteiger charge is 2.31. The van der Waals surface area contributed by atoms with E-state index in [0.717, 1.165) is 5.56 Å². The van der Waals surface area contributed by atoms with Gasteiger partial charge in [0, 0.05) is 18.3 Å². The number of fused-ring (bicyclic) bond motifs is 1. The second-order valence-corrected chi connectivity index (χ2v) is 6.85. The highest BCUT2D eigenvalue weighted by molar-refractivity contribution is 6.09. The molecule has 3 aliphatic heterocycles. The molecule has 1 aromatic carbocycles. The monoisotopic (exact) mass is 409 g/mol. The first-order valence-electron chi connectivity index (χ1n) is 9.60. The molecule has 3 aliphatic rings. The molecule has 0 saturated heterocycles. The van der Waals surface area contributed by atoms with Crippen LogP contribution in [0.1, 0.15) is 5.56 Å². The lowest BCUT2D eigenvalue weighted by molar-refractivity contribution is -0.118. The Kier molecular flexibility index (Phi) is 5.82. The molecule has 0 fully saturated rings. The summed E-state index contributed by atoms with van der Waals surface area (Å²) >= 11 is 0. The number of carbonyl (C=O) groups is 1. The van der Waals surface area contributed by atoms with E-state index in [4.69, 9.17) is 9.84 Å². The maximum absolute atomic E-state index is 12.7. The lowest BCUT2D eigenvalue weighted by atomic mass is 10.1. The van der Waals surface area contributed by atoms with Crippen LogP contribution in [0.2, 0.25) is 0 Å². The fraction of sp³-hybridized carbons (Fsp3) is 0.238. The van der Waals surface area contributed by atoms with Gasteiger partial charge in [-0.05, 0) is 30.4 Å². The molecule has 3 heterocycles. The molecular weight excluding hydrogens is 386 g/mol.